The molecule has 1 N–H and O–H groups in total. The van der Waals surface area contributed by atoms with E-state index in [9.17, 15) is 18.0 Å². The number of halogens is 1. The van der Waals surface area contributed by atoms with Gasteiger partial charge in [0.25, 0.3) is 0 Å². The SMILES string of the molecule is CN(CC1CCCN(C(=O)Nc2cc(N3CCCC3=O)ccc2Cl)C1)S(C)(=O)=O. The fraction of sp³-hybridized carbons (Fsp3) is 0.579. The number of carbonyl (C=O) groups is 2. The van der Waals surface area contributed by atoms with E-state index in [1.165, 1.54) is 10.6 Å². The average molecular weight is 443 g/mol. The second-order valence-corrected chi connectivity index (χ2v) is 10.2. The van der Waals surface area contributed by atoms with E-state index in [4.69, 9.17) is 11.6 Å². The minimum atomic E-state index is -3.25. The molecule has 0 saturated carbocycles. The van der Waals surface area contributed by atoms with Crippen molar-refractivity contribution in [1.82, 2.24) is 9.21 Å². The zero-order valence-electron chi connectivity index (χ0n) is 16.7. The molecule has 2 saturated heterocycles. The first kappa shape index (κ1) is 21.9. The summed E-state index contributed by atoms with van der Waals surface area (Å²) in [6.07, 6.45) is 4.21. The van der Waals surface area contributed by atoms with Crippen molar-refractivity contribution >= 4 is 44.9 Å². The van der Waals surface area contributed by atoms with E-state index in [1.54, 1.807) is 35.0 Å². The van der Waals surface area contributed by atoms with Gasteiger partial charge in [0.1, 0.15) is 0 Å². The number of benzene rings is 1. The number of carbonyl (C=O) groups excluding carboxylic acids is 2. The van der Waals surface area contributed by atoms with Gasteiger partial charge in [0.2, 0.25) is 15.9 Å². The van der Waals surface area contributed by atoms with E-state index >= 15 is 0 Å². The molecule has 1 aromatic carbocycles. The van der Waals surface area contributed by atoms with Crippen LogP contribution in [-0.4, -0.2) is 69.0 Å². The minimum absolute atomic E-state index is 0.0680. The van der Waals surface area contributed by atoms with E-state index in [0.717, 1.165) is 24.9 Å². The molecule has 3 rings (SSSR count). The van der Waals surface area contributed by atoms with Gasteiger partial charge in [-0.3, -0.25) is 4.79 Å². The van der Waals surface area contributed by atoms with Crippen LogP contribution in [0.25, 0.3) is 0 Å². The Morgan fingerprint density at radius 1 is 1.31 bits per heavy atom. The summed E-state index contributed by atoms with van der Waals surface area (Å²) in [5, 5.41) is 3.25. The molecule has 1 aromatic rings. The Morgan fingerprint density at radius 3 is 2.72 bits per heavy atom. The molecule has 2 fully saturated rings. The van der Waals surface area contributed by atoms with Gasteiger partial charge in [-0.2, -0.15) is 0 Å². The van der Waals surface area contributed by atoms with Gasteiger partial charge in [-0.05, 0) is 43.4 Å². The zero-order chi connectivity index (χ0) is 21.2. The van der Waals surface area contributed by atoms with E-state index in [0.29, 0.717) is 43.3 Å². The van der Waals surface area contributed by atoms with Crippen molar-refractivity contribution in [3.8, 4) is 0 Å². The summed E-state index contributed by atoms with van der Waals surface area (Å²) in [6, 6.07) is 4.91. The van der Waals surface area contributed by atoms with Gasteiger partial charge in [0, 0.05) is 45.3 Å². The van der Waals surface area contributed by atoms with Crippen LogP contribution in [-0.2, 0) is 14.8 Å². The van der Waals surface area contributed by atoms with Crippen molar-refractivity contribution in [3.05, 3.63) is 23.2 Å². The van der Waals surface area contributed by atoms with Gasteiger partial charge in [0.15, 0.2) is 0 Å². The molecule has 8 nitrogen and oxygen atoms in total. The first-order valence-corrected chi connectivity index (χ1v) is 11.9. The summed E-state index contributed by atoms with van der Waals surface area (Å²) in [5.74, 6) is 0.150. The van der Waals surface area contributed by atoms with Crippen molar-refractivity contribution in [3.63, 3.8) is 0 Å². The van der Waals surface area contributed by atoms with Gasteiger partial charge in [-0.1, -0.05) is 11.6 Å². The summed E-state index contributed by atoms with van der Waals surface area (Å²) >= 11 is 6.26. The maximum atomic E-state index is 12.8. The standard InChI is InChI=1S/C19H27ClN4O4S/c1-22(29(2,27)28)12-14-5-3-9-23(13-14)19(26)21-17-11-15(7-8-16(17)20)24-10-4-6-18(24)25/h7-8,11,14H,3-6,9-10,12-13H2,1-2H3,(H,21,26). The highest BCUT2D eigenvalue weighted by Gasteiger charge is 2.27. The third kappa shape index (κ3) is 5.40. The fourth-order valence-electron chi connectivity index (χ4n) is 3.79. The van der Waals surface area contributed by atoms with Crippen LogP contribution in [0, 0.1) is 5.92 Å². The maximum absolute atomic E-state index is 12.8. The highest BCUT2D eigenvalue weighted by Crippen LogP contribution is 2.30. The lowest BCUT2D eigenvalue weighted by Crippen LogP contribution is -2.45. The number of piperidine rings is 1. The molecule has 160 valence electrons. The van der Waals surface area contributed by atoms with Crippen LogP contribution in [0.1, 0.15) is 25.7 Å². The van der Waals surface area contributed by atoms with Crippen molar-refractivity contribution < 1.29 is 18.0 Å². The van der Waals surface area contributed by atoms with Crippen molar-refractivity contribution in [2.45, 2.75) is 25.7 Å². The molecule has 0 bridgehead atoms. The molecular formula is C19H27ClN4O4S. The Kier molecular flexibility index (Phi) is 6.70. The second-order valence-electron chi connectivity index (χ2n) is 7.74. The highest BCUT2D eigenvalue weighted by atomic mass is 35.5. The summed E-state index contributed by atoms with van der Waals surface area (Å²) in [7, 11) is -1.69. The lowest BCUT2D eigenvalue weighted by Gasteiger charge is -2.34. The first-order chi connectivity index (χ1) is 13.6. The summed E-state index contributed by atoms with van der Waals surface area (Å²) < 4.78 is 24.6. The maximum Gasteiger partial charge on any atom is 0.321 e. The summed E-state index contributed by atoms with van der Waals surface area (Å²) in [4.78, 5) is 28.2. The molecule has 29 heavy (non-hydrogen) atoms. The molecule has 10 heteroatoms. The number of nitrogens with one attached hydrogen (secondary N) is 1. The van der Waals surface area contributed by atoms with Gasteiger partial charge in [-0.15, -0.1) is 0 Å². The monoisotopic (exact) mass is 442 g/mol. The summed E-state index contributed by atoms with van der Waals surface area (Å²) in [6.45, 7) is 2.13. The number of likely N-dealkylation sites (tertiary alicyclic amines) is 1. The van der Waals surface area contributed by atoms with Crippen molar-refractivity contribution in [1.29, 1.82) is 0 Å². The van der Waals surface area contributed by atoms with Crippen LogP contribution >= 0.6 is 11.6 Å². The van der Waals surface area contributed by atoms with Crippen LogP contribution in [0.2, 0.25) is 5.02 Å². The van der Waals surface area contributed by atoms with Gasteiger partial charge in [-0.25, -0.2) is 17.5 Å². The van der Waals surface area contributed by atoms with Crippen LogP contribution in [0.5, 0.6) is 0 Å². The van der Waals surface area contributed by atoms with E-state index in [1.807, 2.05) is 0 Å². The third-order valence-corrected chi connectivity index (χ3v) is 7.08. The molecule has 2 heterocycles. The topological polar surface area (TPSA) is 90.0 Å². The Morgan fingerprint density at radius 2 is 2.07 bits per heavy atom. The highest BCUT2D eigenvalue weighted by molar-refractivity contribution is 7.88. The minimum Gasteiger partial charge on any atom is -0.324 e. The zero-order valence-corrected chi connectivity index (χ0v) is 18.3. The molecular weight excluding hydrogens is 416 g/mol. The number of hydrogen-bond donors (Lipinski definition) is 1. The number of sulfonamides is 1. The third-order valence-electron chi connectivity index (χ3n) is 5.46. The molecule has 2 aliphatic rings. The van der Waals surface area contributed by atoms with Gasteiger partial charge in [0.05, 0.1) is 17.0 Å². The van der Waals surface area contributed by atoms with E-state index in [2.05, 4.69) is 5.32 Å². The lowest BCUT2D eigenvalue weighted by molar-refractivity contribution is -0.117. The predicted octanol–water partition coefficient (Wildman–Crippen LogP) is 2.60. The van der Waals surface area contributed by atoms with Gasteiger partial charge < -0.3 is 15.1 Å². The molecule has 0 spiro atoms. The molecule has 2 aliphatic heterocycles. The Balaban J connectivity index is 1.66. The fourth-order valence-corrected chi connectivity index (χ4v) is 4.44. The number of urea groups is 1. The molecule has 1 atom stereocenters. The Labute approximate surface area is 176 Å². The van der Waals surface area contributed by atoms with Gasteiger partial charge >= 0.3 is 6.03 Å². The van der Waals surface area contributed by atoms with Crippen LogP contribution in [0.3, 0.4) is 0 Å². The first-order valence-electron chi connectivity index (χ1n) is 9.72. The van der Waals surface area contributed by atoms with E-state index in [-0.39, 0.29) is 17.9 Å². The quantitative estimate of drug-likeness (QED) is 0.758. The largest absolute Gasteiger partial charge is 0.324 e. The number of anilines is 2. The molecule has 3 amide bonds. The van der Waals surface area contributed by atoms with Crippen LogP contribution < -0.4 is 10.2 Å². The molecule has 0 aromatic heterocycles. The predicted molar refractivity (Wildman–Crippen MR) is 114 cm³/mol. The Hall–Kier alpha value is -1.84. The second kappa shape index (κ2) is 8.89. The number of amides is 3. The van der Waals surface area contributed by atoms with E-state index < -0.39 is 10.0 Å². The Bertz CT molecular complexity index is 892. The molecule has 1 unspecified atom stereocenters. The van der Waals surface area contributed by atoms with Crippen LogP contribution in [0.4, 0.5) is 16.2 Å². The normalized spacial score (nSPS) is 20.4. The van der Waals surface area contributed by atoms with Crippen molar-refractivity contribution in [2.24, 2.45) is 5.92 Å². The smallest absolute Gasteiger partial charge is 0.321 e. The van der Waals surface area contributed by atoms with Crippen LogP contribution in [0.15, 0.2) is 18.2 Å². The summed E-state index contributed by atoms with van der Waals surface area (Å²) in [5.41, 5.74) is 1.18. The number of nitrogens with zero attached hydrogens (tertiary/aromatic N) is 3. The lowest BCUT2D eigenvalue weighted by atomic mass is 9.98. The number of hydrogen-bond acceptors (Lipinski definition) is 4. The number of rotatable bonds is 5. The molecule has 0 radical (unpaired) electrons. The van der Waals surface area contributed by atoms with Crippen molar-refractivity contribution in [2.75, 3.05) is 49.7 Å². The molecule has 0 aliphatic carbocycles. The average Bonchev–Trinajstić information content (AvgIpc) is 3.09.